The predicted octanol–water partition coefficient (Wildman–Crippen LogP) is 9.09. The van der Waals surface area contributed by atoms with Crippen LogP contribution in [0.3, 0.4) is 0 Å². The topological polar surface area (TPSA) is 67.4 Å². The molecule has 0 aromatic heterocycles. The zero-order valence-electron chi connectivity index (χ0n) is 28.1. The summed E-state index contributed by atoms with van der Waals surface area (Å²) in [6, 6.07) is 23.3. The van der Waals surface area contributed by atoms with Crippen LogP contribution in [0, 0.1) is 0 Å². The molecule has 0 unspecified atom stereocenters. The minimum Gasteiger partial charge on any atom is -0.376 e. The van der Waals surface area contributed by atoms with Gasteiger partial charge in [-0.2, -0.15) is 0 Å². The van der Waals surface area contributed by atoms with Gasteiger partial charge in [0.1, 0.15) is 0 Å². The Morgan fingerprint density at radius 2 is 1.27 bits per heavy atom. The summed E-state index contributed by atoms with van der Waals surface area (Å²) in [5, 5.41) is 3.67. The standard InChI is InChI=1S/C39H52N2O3S/c1-27(2)34-24-35(28(3)4)39(36(25-34)29(5)6)45(42,43)41-38(33-16-12-9-13-17-33)37(32-14-10-8-11-15-32)40-22-23-44-26-31-20-18-30(7)19-21-31/h8-18,21,24-25,27-29,37-38,40-41H,19-20,22-23,26H2,1-7H3/t37-,38-/m0/s1. The van der Waals surface area contributed by atoms with Crippen molar-refractivity contribution in [3.8, 4) is 0 Å². The van der Waals surface area contributed by atoms with Gasteiger partial charge in [-0.1, -0.05) is 132 Å². The first-order valence-electron chi connectivity index (χ1n) is 16.4. The smallest absolute Gasteiger partial charge is 0.241 e. The molecule has 242 valence electrons. The van der Waals surface area contributed by atoms with E-state index in [4.69, 9.17) is 4.74 Å². The molecule has 0 bridgehead atoms. The van der Waals surface area contributed by atoms with E-state index in [1.807, 2.05) is 48.5 Å². The van der Waals surface area contributed by atoms with Crippen LogP contribution in [-0.2, 0) is 14.8 Å². The Morgan fingerprint density at radius 1 is 0.711 bits per heavy atom. The Kier molecular flexibility index (Phi) is 12.4. The molecule has 3 aromatic rings. The highest BCUT2D eigenvalue weighted by atomic mass is 32.2. The molecule has 0 saturated heterocycles. The second-order valence-electron chi connectivity index (χ2n) is 13.2. The van der Waals surface area contributed by atoms with Crippen molar-refractivity contribution in [1.82, 2.24) is 10.0 Å². The number of ether oxygens (including phenoxy) is 1. The Morgan fingerprint density at radius 3 is 1.76 bits per heavy atom. The Balaban J connectivity index is 1.69. The van der Waals surface area contributed by atoms with Crippen molar-refractivity contribution >= 4 is 10.0 Å². The van der Waals surface area contributed by atoms with Crippen molar-refractivity contribution in [2.45, 2.75) is 96.0 Å². The first-order valence-corrected chi connectivity index (χ1v) is 17.9. The number of sulfonamides is 1. The molecular formula is C39H52N2O3S. The highest BCUT2D eigenvalue weighted by Crippen LogP contribution is 2.37. The van der Waals surface area contributed by atoms with Crippen molar-refractivity contribution in [3.63, 3.8) is 0 Å². The largest absolute Gasteiger partial charge is 0.376 e. The molecular weight excluding hydrogens is 577 g/mol. The van der Waals surface area contributed by atoms with Crippen molar-refractivity contribution in [2.24, 2.45) is 0 Å². The second-order valence-corrected chi connectivity index (χ2v) is 14.9. The van der Waals surface area contributed by atoms with E-state index in [-0.39, 0.29) is 17.9 Å². The molecule has 0 radical (unpaired) electrons. The third-order valence-electron chi connectivity index (χ3n) is 8.60. The zero-order valence-corrected chi connectivity index (χ0v) is 29.0. The Bertz CT molecular complexity index is 1530. The number of benzene rings is 3. The maximum absolute atomic E-state index is 14.7. The van der Waals surface area contributed by atoms with Gasteiger partial charge in [0.25, 0.3) is 0 Å². The van der Waals surface area contributed by atoms with Crippen LogP contribution in [0.4, 0.5) is 0 Å². The molecule has 45 heavy (non-hydrogen) atoms. The molecule has 0 aliphatic heterocycles. The van der Waals surface area contributed by atoms with Gasteiger partial charge >= 0.3 is 0 Å². The summed E-state index contributed by atoms with van der Waals surface area (Å²) in [6.45, 7) is 16.5. The van der Waals surface area contributed by atoms with Crippen molar-refractivity contribution in [1.29, 1.82) is 0 Å². The fourth-order valence-corrected chi connectivity index (χ4v) is 7.82. The molecule has 2 N–H and O–H groups in total. The summed E-state index contributed by atoms with van der Waals surface area (Å²) in [4.78, 5) is 0.415. The van der Waals surface area contributed by atoms with Crippen molar-refractivity contribution in [3.05, 3.63) is 124 Å². The minimum atomic E-state index is -3.94. The number of nitrogens with one attached hydrogen (secondary N) is 2. The Labute approximate surface area is 272 Å². The average molecular weight is 629 g/mol. The monoisotopic (exact) mass is 628 g/mol. The lowest BCUT2D eigenvalue weighted by atomic mass is 9.89. The van der Waals surface area contributed by atoms with Crippen LogP contribution in [0.2, 0.25) is 0 Å². The van der Waals surface area contributed by atoms with Gasteiger partial charge in [0.15, 0.2) is 0 Å². The predicted molar refractivity (Wildman–Crippen MR) is 187 cm³/mol. The maximum atomic E-state index is 14.7. The van der Waals surface area contributed by atoms with Crippen LogP contribution in [0.5, 0.6) is 0 Å². The number of hydrogen-bond donors (Lipinski definition) is 2. The molecule has 4 rings (SSSR count). The van der Waals surface area contributed by atoms with E-state index in [9.17, 15) is 8.42 Å². The zero-order chi connectivity index (χ0) is 32.6. The lowest BCUT2D eigenvalue weighted by Gasteiger charge is -2.31. The van der Waals surface area contributed by atoms with E-state index in [1.54, 1.807) is 0 Å². The van der Waals surface area contributed by atoms with E-state index in [0.29, 0.717) is 30.6 Å². The SMILES string of the molecule is CC1=CCC(COCCN[C@@H](c2ccccc2)[C@@H](NS(=O)(=O)c2c(C(C)C)cc(C(C)C)cc2C(C)C)c2ccccc2)=CC1. The van der Waals surface area contributed by atoms with E-state index in [2.05, 4.69) is 94.9 Å². The summed E-state index contributed by atoms with van der Waals surface area (Å²) in [7, 11) is -3.94. The second kappa shape index (κ2) is 16.0. The van der Waals surface area contributed by atoms with Gasteiger partial charge in [0, 0.05) is 6.54 Å². The van der Waals surface area contributed by atoms with Crippen LogP contribution >= 0.6 is 0 Å². The van der Waals surface area contributed by atoms with Gasteiger partial charge in [-0.25, -0.2) is 13.1 Å². The highest BCUT2D eigenvalue weighted by molar-refractivity contribution is 7.89. The lowest BCUT2D eigenvalue weighted by Crippen LogP contribution is -2.40. The van der Waals surface area contributed by atoms with Crippen LogP contribution in [0.15, 0.2) is 101 Å². The summed E-state index contributed by atoms with van der Waals surface area (Å²) in [5.41, 5.74) is 7.51. The molecule has 0 spiro atoms. The van der Waals surface area contributed by atoms with Crippen molar-refractivity contribution < 1.29 is 13.2 Å². The summed E-state index contributed by atoms with van der Waals surface area (Å²) in [6.07, 6.45) is 6.47. The molecule has 0 amide bonds. The molecule has 3 aromatic carbocycles. The third-order valence-corrected chi connectivity index (χ3v) is 10.2. The van der Waals surface area contributed by atoms with Gasteiger partial charge in [0.2, 0.25) is 10.0 Å². The van der Waals surface area contributed by atoms with Gasteiger partial charge in [-0.3, -0.25) is 0 Å². The summed E-state index contributed by atoms with van der Waals surface area (Å²) in [5.74, 6) is 0.384. The summed E-state index contributed by atoms with van der Waals surface area (Å²) < 4.78 is 38.6. The van der Waals surface area contributed by atoms with E-state index >= 15 is 0 Å². The third kappa shape index (κ3) is 9.26. The minimum absolute atomic E-state index is 0.0434. The fourth-order valence-electron chi connectivity index (χ4n) is 5.89. The van der Waals surface area contributed by atoms with Crippen molar-refractivity contribution in [2.75, 3.05) is 19.8 Å². The van der Waals surface area contributed by atoms with Crippen LogP contribution in [0.1, 0.15) is 119 Å². The molecule has 1 aliphatic carbocycles. The normalized spacial score (nSPS) is 15.3. The quantitative estimate of drug-likeness (QED) is 0.130. The van der Waals surface area contributed by atoms with E-state index in [1.165, 1.54) is 16.7 Å². The molecule has 0 heterocycles. The van der Waals surface area contributed by atoms with Gasteiger partial charge in [-0.15, -0.1) is 0 Å². The maximum Gasteiger partial charge on any atom is 0.241 e. The Hall–Kier alpha value is -3.03. The molecule has 1 aliphatic rings. The van der Waals surface area contributed by atoms with Gasteiger partial charge < -0.3 is 10.1 Å². The first-order chi connectivity index (χ1) is 21.5. The van der Waals surface area contributed by atoms with E-state index in [0.717, 1.165) is 35.1 Å². The van der Waals surface area contributed by atoms with Crippen LogP contribution < -0.4 is 10.0 Å². The van der Waals surface area contributed by atoms with Gasteiger partial charge in [0.05, 0.1) is 30.2 Å². The van der Waals surface area contributed by atoms with Gasteiger partial charge in [-0.05, 0) is 70.9 Å². The summed E-state index contributed by atoms with van der Waals surface area (Å²) >= 11 is 0. The molecule has 6 heteroatoms. The molecule has 0 saturated carbocycles. The fraction of sp³-hybridized carbons (Fsp3) is 0.436. The number of hydrogen-bond acceptors (Lipinski definition) is 4. The highest BCUT2D eigenvalue weighted by Gasteiger charge is 2.33. The molecule has 5 nitrogen and oxygen atoms in total. The van der Waals surface area contributed by atoms with Crippen LogP contribution in [0.25, 0.3) is 0 Å². The lowest BCUT2D eigenvalue weighted by molar-refractivity contribution is 0.152. The van der Waals surface area contributed by atoms with Crippen LogP contribution in [-0.4, -0.2) is 28.2 Å². The molecule has 0 fully saturated rings. The first kappa shape index (κ1) is 34.8. The number of allylic oxidation sites excluding steroid dienone is 3. The average Bonchev–Trinajstić information content (AvgIpc) is 3.02. The van der Waals surface area contributed by atoms with E-state index < -0.39 is 16.1 Å². The molecule has 2 atom stereocenters. The number of rotatable bonds is 15.